The number of benzene rings is 1. The lowest BCUT2D eigenvalue weighted by Crippen LogP contribution is -2.02. The van der Waals surface area contributed by atoms with Gasteiger partial charge in [0.2, 0.25) is 0 Å². The quantitative estimate of drug-likeness (QED) is 0.708. The van der Waals surface area contributed by atoms with Crippen LogP contribution in [0.5, 0.6) is 0 Å². The number of rotatable bonds is 4. The van der Waals surface area contributed by atoms with Gasteiger partial charge in [0.15, 0.2) is 5.78 Å². The molecule has 0 amide bonds. The third-order valence-electron chi connectivity index (χ3n) is 2.20. The lowest BCUT2D eigenvalue weighted by Gasteiger charge is -2.06. The Bertz CT molecular complexity index is 359. The average molecular weight is 245 g/mol. The zero-order valence-electron chi connectivity index (χ0n) is 8.89. The highest BCUT2D eigenvalue weighted by Gasteiger charge is 2.12. The maximum Gasteiger partial charge on any atom is 0.164 e. The standard InChI is InChI=1S/C12H14Cl2O/c1-8(2)6-7-11(15)9-4-3-5-10(13)12(9)14/h3-5,8H,6-7H2,1-2H3. The first-order valence-electron chi connectivity index (χ1n) is 4.99. The van der Waals surface area contributed by atoms with E-state index in [-0.39, 0.29) is 5.78 Å². The number of ketones is 1. The Morgan fingerprint density at radius 1 is 1.33 bits per heavy atom. The zero-order valence-corrected chi connectivity index (χ0v) is 10.4. The predicted octanol–water partition coefficient (Wildman–Crippen LogP) is 4.61. The van der Waals surface area contributed by atoms with Gasteiger partial charge in [-0.1, -0.05) is 43.1 Å². The fraction of sp³-hybridized carbons (Fsp3) is 0.417. The first kappa shape index (κ1) is 12.5. The van der Waals surface area contributed by atoms with Crippen LogP contribution in [0.2, 0.25) is 10.0 Å². The van der Waals surface area contributed by atoms with Gasteiger partial charge in [-0.25, -0.2) is 0 Å². The van der Waals surface area contributed by atoms with Crippen LogP contribution in [0.3, 0.4) is 0 Å². The Morgan fingerprint density at radius 3 is 2.60 bits per heavy atom. The summed E-state index contributed by atoms with van der Waals surface area (Å²) in [5, 5.41) is 0.806. The normalized spacial score (nSPS) is 10.7. The van der Waals surface area contributed by atoms with Crippen LogP contribution in [-0.4, -0.2) is 5.78 Å². The van der Waals surface area contributed by atoms with E-state index in [0.717, 1.165) is 6.42 Å². The fourth-order valence-corrected chi connectivity index (χ4v) is 1.68. The number of carbonyl (C=O) groups is 1. The Hall–Kier alpha value is -0.530. The molecule has 0 unspecified atom stereocenters. The molecule has 0 spiro atoms. The highest BCUT2D eigenvalue weighted by molar-refractivity contribution is 6.43. The molecule has 0 heterocycles. The molecule has 0 atom stereocenters. The summed E-state index contributed by atoms with van der Waals surface area (Å²) in [6.45, 7) is 4.18. The van der Waals surface area contributed by atoms with Crippen LogP contribution in [-0.2, 0) is 0 Å². The largest absolute Gasteiger partial charge is 0.294 e. The summed E-state index contributed by atoms with van der Waals surface area (Å²) in [5.74, 6) is 0.586. The maximum absolute atomic E-state index is 11.8. The van der Waals surface area contributed by atoms with Crippen molar-refractivity contribution in [2.24, 2.45) is 5.92 Å². The summed E-state index contributed by atoms with van der Waals surface area (Å²) in [6, 6.07) is 5.15. The van der Waals surface area contributed by atoms with E-state index in [1.54, 1.807) is 18.2 Å². The van der Waals surface area contributed by atoms with Gasteiger partial charge in [-0.05, 0) is 24.5 Å². The van der Waals surface area contributed by atoms with Crippen molar-refractivity contribution in [3.8, 4) is 0 Å². The van der Waals surface area contributed by atoms with Gasteiger partial charge in [-0.2, -0.15) is 0 Å². The molecule has 1 rings (SSSR count). The Labute approximate surface area is 100 Å². The third-order valence-corrected chi connectivity index (χ3v) is 3.02. The smallest absolute Gasteiger partial charge is 0.164 e. The molecule has 1 nitrogen and oxygen atoms in total. The van der Waals surface area contributed by atoms with Gasteiger partial charge >= 0.3 is 0 Å². The molecule has 0 aliphatic heterocycles. The molecular formula is C12H14Cl2O. The Kier molecular flexibility index (Phi) is 4.62. The Morgan fingerprint density at radius 2 is 2.00 bits per heavy atom. The second kappa shape index (κ2) is 5.53. The van der Waals surface area contributed by atoms with E-state index < -0.39 is 0 Å². The van der Waals surface area contributed by atoms with Crippen molar-refractivity contribution in [1.29, 1.82) is 0 Å². The molecule has 1 aromatic rings. The van der Waals surface area contributed by atoms with Gasteiger partial charge in [0.05, 0.1) is 10.0 Å². The summed E-state index contributed by atoms with van der Waals surface area (Å²) in [5.41, 5.74) is 0.532. The number of hydrogen-bond acceptors (Lipinski definition) is 1. The average Bonchev–Trinajstić information content (AvgIpc) is 2.18. The minimum Gasteiger partial charge on any atom is -0.294 e. The lowest BCUT2D eigenvalue weighted by molar-refractivity contribution is 0.0975. The fourth-order valence-electron chi connectivity index (χ4n) is 1.27. The SMILES string of the molecule is CC(C)CCC(=O)c1cccc(Cl)c1Cl. The zero-order chi connectivity index (χ0) is 11.4. The predicted molar refractivity (Wildman–Crippen MR) is 64.9 cm³/mol. The minimum atomic E-state index is 0.0659. The number of halogens is 2. The van der Waals surface area contributed by atoms with Crippen molar-refractivity contribution >= 4 is 29.0 Å². The van der Waals surface area contributed by atoms with E-state index in [0.29, 0.717) is 27.9 Å². The van der Waals surface area contributed by atoms with E-state index in [2.05, 4.69) is 13.8 Å². The van der Waals surface area contributed by atoms with Gasteiger partial charge in [0.1, 0.15) is 0 Å². The monoisotopic (exact) mass is 244 g/mol. The van der Waals surface area contributed by atoms with Crippen LogP contribution >= 0.6 is 23.2 Å². The van der Waals surface area contributed by atoms with Crippen molar-refractivity contribution in [1.82, 2.24) is 0 Å². The molecule has 0 aliphatic carbocycles. The summed E-state index contributed by atoms with van der Waals surface area (Å²) in [4.78, 5) is 11.8. The first-order valence-corrected chi connectivity index (χ1v) is 5.75. The molecule has 0 fully saturated rings. The van der Waals surface area contributed by atoms with Gasteiger partial charge in [0, 0.05) is 12.0 Å². The maximum atomic E-state index is 11.8. The summed E-state index contributed by atoms with van der Waals surface area (Å²) in [6.07, 6.45) is 1.40. The second-order valence-electron chi connectivity index (χ2n) is 3.96. The van der Waals surface area contributed by atoms with Crippen molar-refractivity contribution < 1.29 is 4.79 Å². The molecule has 0 aliphatic rings. The molecular weight excluding hydrogens is 231 g/mol. The first-order chi connectivity index (χ1) is 7.02. The van der Waals surface area contributed by atoms with Crippen molar-refractivity contribution in [2.75, 3.05) is 0 Å². The molecule has 0 aromatic heterocycles. The molecule has 82 valence electrons. The highest BCUT2D eigenvalue weighted by atomic mass is 35.5. The third kappa shape index (κ3) is 3.51. The van der Waals surface area contributed by atoms with Crippen LogP contribution in [0.1, 0.15) is 37.0 Å². The molecule has 0 saturated carbocycles. The lowest BCUT2D eigenvalue weighted by atomic mass is 10.0. The minimum absolute atomic E-state index is 0.0659. The van der Waals surface area contributed by atoms with Crippen LogP contribution in [0.15, 0.2) is 18.2 Å². The second-order valence-corrected chi connectivity index (χ2v) is 4.74. The molecule has 1 aromatic carbocycles. The van der Waals surface area contributed by atoms with E-state index in [1.807, 2.05) is 0 Å². The van der Waals surface area contributed by atoms with Crippen molar-refractivity contribution in [3.05, 3.63) is 33.8 Å². The number of carbonyl (C=O) groups excluding carboxylic acids is 1. The van der Waals surface area contributed by atoms with Crippen molar-refractivity contribution in [3.63, 3.8) is 0 Å². The van der Waals surface area contributed by atoms with Crippen LogP contribution in [0, 0.1) is 5.92 Å². The van der Waals surface area contributed by atoms with Crippen LogP contribution in [0.4, 0.5) is 0 Å². The topological polar surface area (TPSA) is 17.1 Å². The number of hydrogen-bond donors (Lipinski definition) is 0. The van der Waals surface area contributed by atoms with E-state index in [4.69, 9.17) is 23.2 Å². The van der Waals surface area contributed by atoms with E-state index in [9.17, 15) is 4.79 Å². The highest BCUT2D eigenvalue weighted by Crippen LogP contribution is 2.26. The van der Waals surface area contributed by atoms with Crippen LogP contribution < -0.4 is 0 Å². The summed E-state index contributed by atoms with van der Waals surface area (Å²) >= 11 is 11.8. The van der Waals surface area contributed by atoms with Gasteiger partial charge in [-0.3, -0.25) is 4.79 Å². The summed E-state index contributed by atoms with van der Waals surface area (Å²) in [7, 11) is 0. The van der Waals surface area contributed by atoms with E-state index in [1.165, 1.54) is 0 Å². The molecule has 0 radical (unpaired) electrons. The summed E-state index contributed by atoms with van der Waals surface area (Å²) < 4.78 is 0. The molecule has 3 heteroatoms. The molecule has 0 bridgehead atoms. The van der Waals surface area contributed by atoms with Crippen molar-refractivity contribution in [2.45, 2.75) is 26.7 Å². The Balaban J connectivity index is 2.78. The number of Topliss-reactive ketones (excluding diaryl/α,β-unsaturated/α-hetero) is 1. The van der Waals surface area contributed by atoms with Gasteiger partial charge in [0.25, 0.3) is 0 Å². The van der Waals surface area contributed by atoms with E-state index >= 15 is 0 Å². The molecule has 15 heavy (non-hydrogen) atoms. The van der Waals surface area contributed by atoms with Gasteiger partial charge in [-0.15, -0.1) is 0 Å². The van der Waals surface area contributed by atoms with Gasteiger partial charge < -0.3 is 0 Å². The van der Waals surface area contributed by atoms with Crippen LogP contribution in [0.25, 0.3) is 0 Å². The molecule has 0 N–H and O–H groups in total. The molecule has 0 saturated heterocycles.